The third-order valence-electron chi connectivity index (χ3n) is 2.96. The van der Waals surface area contributed by atoms with E-state index in [1.807, 2.05) is 30.3 Å². The van der Waals surface area contributed by atoms with Crippen molar-refractivity contribution in [1.82, 2.24) is 0 Å². The molecule has 0 radical (unpaired) electrons. The Bertz CT molecular complexity index is 656. The van der Waals surface area contributed by atoms with Crippen molar-refractivity contribution in [3.63, 3.8) is 0 Å². The number of carbonyl (C=O) groups is 2. The quantitative estimate of drug-likeness (QED) is 0.921. The van der Waals surface area contributed by atoms with Crippen LogP contribution in [0.5, 0.6) is 0 Å². The van der Waals surface area contributed by atoms with Crippen molar-refractivity contribution in [2.24, 2.45) is 0 Å². The number of carboxylic acid groups (broad SMARTS) is 1. The fraction of sp³-hybridized carbons (Fsp3) is 0.125. The highest BCUT2D eigenvalue weighted by atomic mass is 35.5. The molecule has 0 fully saturated rings. The molecule has 0 saturated carbocycles. The first-order valence-electron chi connectivity index (χ1n) is 6.41. The van der Waals surface area contributed by atoms with Crippen LogP contribution in [0.15, 0.2) is 48.5 Å². The van der Waals surface area contributed by atoms with Crippen LogP contribution in [0, 0.1) is 0 Å². The zero-order chi connectivity index (χ0) is 15.2. The minimum atomic E-state index is -1.38. The zero-order valence-corrected chi connectivity index (χ0v) is 11.9. The number of halogens is 1. The maximum atomic E-state index is 11.9. The van der Waals surface area contributed by atoms with Crippen LogP contribution < -0.4 is 10.4 Å². The lowest BCUT2D eigenvalue weighted by molar-refractivity contribution is -0.254. The van der Waals surface area contributed by atoms with Gasteiger partial charge in [-0.05, 0) is 30.2 Å². The Morgan fingerprint density at radius 2 is 1.81 bits per heavy atom. The molecular weight excluding hydrogens is 290 g/mol. The number of nitrogens with one attached hydrogen (secondary N) is 1. The number of hydrogen-bond donors (Lipinski definition) is 1. The number of benzene rings is 2. The number of hydrogen-bond acceptors (Lipinski definition) is 3. The summed E-state index contributed by atoms with van der Waals surface area (Å²) in [6.45, 7) is 0. The van der Waals surface area contributed by atoms with Gasteiger partial charge in [-0.3, -0.25) is 4.79 Å². The number of rotatable bonds is 5. The first kappa shape index (κ1) is 15.1. The fourth-order valence-corrected chi connectivity index (χ4v) is 2.08. The number of aromatic carboxylic acids is 1. The van der Waals surface area contributed by atoms with Crippen LogP contribution in [0.4, 0.5) is 5.69 Å². The highest BCUT2D eigenvalue weighted by Crippen LogP contribution is 2.20. The summed E-state index contributed by atoms with van der Waals surface area (Å²) in [4.78, 5) is 22.9. The first-order chi connectivity index (χ1) is 10.1. The number of carbonyl (C=O) groups excluding carboxylic acids is 2. The molecule has 0 aliphatic rings. The van der Waals surface area contributed by atoms with Crippen LogP contribution in [0.3, 0.4) is 0 Å². The zero-order valence-electron chi connectivity index (χ0n) is 11.1. The molecule has 1 amide bonds. The molecule has 0 heterocycles. The van der Waals surface area contributed by atoms with Gasteiger partial charge in [0, 0.05) is 22.7 Å². The second kappa shape index (κ2) is 6.90. The fourth-order valence-electron chi connectivity index (χ4n) is 1.91. The number of carboxylic acids is 1. The summed E-state index contributed by atoms with van der Waals surface area (Å²) in [6, 6.07) is 13.8. The van der Waals surface area contributed by atoms with Crippen molar-refractivity contribution in [1.29, 1.82) is 0 Å². The highest BCUT2D eigenvalue weighted by Gasteiger charge is 2.08. The van der Waals surface area contributed by atoms with Gasteiger partial charge >= 0.3 is 0 Å². The third kappa shape index (κ3) is 4.33. The number of aryl methyl sites for hydroxylation is 1. The van der Waals surface area contributed by atoms with Gasteiger partial charge in [-0.25, -0.2) is 0 Å². The minimum Gasteiger partial charge on any atom is -0.545 e. The Labute approximate surface area is 127 Å². The van der Waals surface area contributed by atoms with Crippen molar-refractivity contribution in [3.8, 4) is 0 Å². The number of amides is 1. The van der Waals surface area contributed by atoms with Gasteiger partial charge in [0.25, 0.3) is 0 Å². The van der Waals surface area contributed by atoms with E-state index in [1.165, 1.54) is 18.2 Å². The van der Waals surface area contributed by atoms with Crippen LogP contribution in [0.1, 0.15) is 22.3 Å². The van der Waals surface area contributed by atoms with E-state index in [9.17, 15) is 14.7 Å². The van der Waals surface area contributed by atoms with Crippen LogP contribution in [0.25, 0.3) is 0 Å². The molecule has 1 N–H and O–H groups in total. The molecule has 0 atom stereocenters. The normalized spacial score (nSPS) is 10.1. The molecule has 0 aliphatic carbocycles. The lowest BCUT2D eigenvalue weighted by Crippen LogP contribution is -2.25. The summed E-state index contributed by atoms with van der Waals surface area (Å²) in [5.74, 6) is -1.64. The molecule has 5 heteroatoms. The Morgan fingerprint density at radius 3 is 2.48 bits per heavy atom. The first-order valence-corrected chi connectivity index (χ1v) is 6.79. The lowest BCUT2D eigenvalue weighted by Gasteiger charge is -2.12. The highest BCUT2D eigenvalue weighted by molar-refractivity contribution is 6.31. The Hall–Kier alpha value is -2.33. The topological polar surface area (TPSA) is 69.2 Å². The van der Waals surface area contributed by atoms with Crippen molar-refractivity contribution >= 4 is 29.2 Å². The van der Waals surface area contributed by atoms with Gasteiger partial charge in [0.1, 0.15) is 0 Å². The summed E-state index contributed by atoms with van der Waals surface area (Å²) in [7, 11) is 0. The van der Waals surface area contributed by atoms with Crippen LogP contribution >= 0.6 is 11.6 Å². The van der Waals surface area contributed by atoms with Gasteiger partial charge in [-0.1, -0.05) is 41.9 Å². The van der Waals surface area contributed by atoms with Crippen molar-refractivity contribution in [2.45, 2.75) is 12.8 Å². The average molecular weight is 303 g/mol. The Morgan fingerprint density at radius 1 is 1.10 bits per heavy atom. The van der Waals surface area contributed by atoms with Gasteiger partial charge in [-0.15, -0.1) is 0 Å². The molecular formula is C16H13ClNO3-. The van der Waals surface area contributed by atoms with Crippen molar-refractivity contribution in [3.05, 3.63) is 64.7 Å². The molecule has 0 saturated heterocycles. The molecule has 0 bridgehead atoms. The molecule has 108 valence electrons. The molecule has 0 aliphatic heterocycles. The average Bonchev–Trinajstić information content (AvgIpc) is 2.48. The predicted molar refractivity (Wildman–Crippen MR) is 79.2 cm³/mol. The summed E-state index contributed by atoms with van der Waals surface area (Å²) in [5.41, 5.74) is 1.11. The monoisotopic (exact) mass is 302 g/mol. The molecule has 0 aromatic heterocycles. The summed E-state index contributed by atoms with van der Waals surface area (Å²) in [5, 5.41) is 13.9. The van der Waals surface area contributed by atoms with Gasteiger partial charge in [0.05, 0.1) is 5.97 Å². The molecule has 0 unspecified atom stereocenters. The van der Waals surface area contributed by atoms with E-state index in [0.717, 1.165) is 5.56 Å². The second-order valence-corrected chi connectivity index (χ2v) is 4.95. The van der Waals surface area contributed by atoms with Crippen LogP contribution in [-0.2, 0) is 11.2 Å². The summed E-state index contributed by atoms with van der Waals surface area (Å²) >= 11 is 5.73. The van der Waals surface area contributed by atoms with E-state index in [2.05, 4.69) is 5.32 Å². The predicted octanol–water partition coefficient (Wildman–Crippen LogP) is 2.27. The number of anilines is 1. The maximum Gasteiger partial charge on any atom is 0.224 e. The minimum absolute atomic E-state index is 0.129. The Kier molecular flexibility index (Phi) is 4.95. The smallest absolute Gasteiger partial charge is 0.224 e. The largest absolute Gasteiger partial charge is 0.545 e. The van der Waals surface area contributed by atoms with E-state index >= 15 is 0 Å². The Balaban J connectivity index is 2.01. The van der Waals surface area contributed by atoms with Crippen LogP contribution in [-0.4, -0.2) is 11.9 Å². The summed E-state index contributed by atoms with van der Waals surface area (Å²) < 4.78 is 0. The molecule has 0 spiro atoms. The molecule has 2 aromatic rings. The maximum absolute atomic E-state index is 11.9. The van der Waals surface area contributed by atoms with Gasteiger partial charge < -0.3 is 15.2 Å². The lowest BCUT2D eigenvalue weighted by atomic mass is 10.1. The SMILES string of the molecule is O=C(CCc1ccccc1)Nc1ccc(Cl)cc1C(=O)[O-]. The van der Waals surface area contributed by atoms with Gasteiger partial charge in [0.15, 0.2) is 0 Å². The second-order valence-electron chi connectivity index (χ2n) is 4.51. The van der Waals surface area contributed by atoms with E-state index in [4.69, 9.17) is 11.6 Å². The molecule has 2 aromatic carbocycles. The van der Waals surface area contributed by atoms with E-state index in [1.54, 1.807) is 0 Å². The molecule has 21 heavy (non-hydrogen) atoms. The summed E-state index contributed by atoms with van der Waals surface area (Å²) in [6.07, 6.45) is 0.847. The molecule has 4 nitrogen and oxygen atoms in total. The van der Waals surface area contributed by atoms with Crippen molar-refractivity contribution < 1.29 is 14.7 Å². The van der Waals surface area contributed by atoms with Crippen molar-refractivity contribution in [2.75, 3.05) is 5.32 Å². The van der Waals surface area contributed by atoms with Gasteiger partial charge in [0.2, 0.25) is 5.91 Å². The standard InChI is InChI=1S/C16H14ClNO3/c17-12-7-8-14(13(10-12)16(20)21)18-15(19)9-6-11-4-2-1-3-5-11/h1-5,7-8,10H,6,9H2,(H,18,19)(H,20,21)/p-1. The van der Waals surface area contributed by atoms with E-state index in [0.29, 0.717) is 6.42 Å². The van der Waals surface area contributed by atoms with E-state index < -0.39 is 5.97 Å². The van der Waals surface area contributed by atoms with E-state index in [-0.39, 0.29) is 28.6 Å². The van der Waals surface area contributed by atoms with Gasteiger partial charge in [-0.2, -0.15) is 0 Å². The van der Waals surface area contributed by atoms with Crippen LogP contribution in [0.2, 0.25) is 5.02 Å². The third-order valence-corrected chi connectivity index (χ3v) is 3.19. The molecule has 2 rings (SSSR count).